The van der Waals surface area contributed by atoms with E-state index in [1.165, 1.54) is 4.90 Å². The highest BCUT2D eigenvalue weighted by Crippen LogP contribution is 2.28. The van der Waals surface area contributed by atoms with E-state index in [0.29, 0.717) is 18.0 Å². The van der Waals surface area contributed by atoms with Gasteiger partial charge < -0.3 is 19.7 Å². The van der Waals surface area contributed by atoms with Crippen molar-refractivity contribution in [2.75, 3.05) is 26.8 Å². The predicted octanol–water partition coefficient (Wildman–Crippen LogP) is 2.87. The molecular weight excluding hydrogens is 332 g/mol. The van der Waals surface area contributed by atoms with Crippen molar-refractivity contribution in [3.63, 3.8) is 0 Å². The van der Waals surface area contributed by atoms with Gasteiger partial charge in [-0.05, 0) is 52.3 Å². The third kappa shape index (κ3) is 7.17. The van der Waals surface area contributed by atoms with Crippen molar-refractivity contribution in [2.24, 2.45) is 0 Å². The summed E-state index contributed by atoms with van der Waals surface area (Å²) in [6.07, 6.45) is 3.88. The maximum absolute atomic E-state index is 12.4. The maximum Gasteiger partial charge on any atom is 0.260 e. The Morgan fingerprint density at radius 3 is 2.46 bits per heavy atom. The lowest BCUT2D eigenvalue weighted by molar-refractivity contribution is -0.137. The van der Waals surface area contributed by atoms with Crippen LogP contribution in [0.2, 0.25) is 0 Å². The van der Waals surface area contributed by atoms with Crippen LogP contribution in [-0.2, 0) is 9.59 Å². The van der Waals surface area contributed by atoms with Gasteiger partial charge in [-0.2, -0.15) is 0 Å². The smallest absolute Gasteiger partial charge is 0.260 e. The summed E-state index contributed by atoms with van der Waals surface area (Å²) in [4.78, 5) is 25.9. The number of allylic oxidation sites excluding steroid dienone is 1. The Hall–Kier alpha value is -2.50. The Morgan fingerprint density at radius 2 is 1.92 bits per heavy atom. The third-order valence-corrected chi connectivity index (χ3v) is 3.48. The van der Waals surface area contributed by atoms with Crippen LogP contribution in [-0.4, -0.2) is 49.1 Å². The van der Waals surface area contributed by atoms with Crippen molar-refractivity contribution >= 4 is 17.9 Å². The van der Waals surface area contributed by atoms with Gasteiger partial charge in [0.15, 0.2) is 18.1 Å². The fourth-order valence-corrected chi connectivity index (χ4v) is 2.34. The Labute approximate surface area is 156 Å². The van der Waals surface area contributed by atoms with Gasteiger partial charge in [0.2, 0.25) is 5.91 Å². The van der Waals surface area contributed by atoms with Crippen LogP contribution in [0.4, 0.5) is 0 Å². The summed E-state index contributed by atoms with van der Waals surface area (Å²) in [6.45, 7) is 9.74. The number of amides is 2. The van der Waals surface area contributed by atoms with Crippen molar-refractivity contribution < 1.29 is 19.1 Å². The average molecular weight is 362 g/mol. The molecule has 0 saturated carbocycles. The fourth-order valence-electron chi connectivity index (χ4n) is 2.34. The van der Waals surface area contributed by atoms with E-state index in [2.05, 4.69) is 5.32 Å². The molecule has 0 aliphatic heterocycles. The number of ether oxygens (including phenoxy) is 2. The highest BCUT2D eigenvalue weighted by molar-refractivity contribution is 5.85. The molecule has 0 atom stereocenters. The van der Waals surface area contributed by atoms with E-state index in [4.69, 9.17) is 9.47 Å². The Bertz CT molecular complexity index is 648. The van der Waals surface area contributed by atoms with Crippen LogP contribution in [0.15, 0.2) is 24.3 Å². The predicted molar refractivity (Wildman–Crippen MR) is 103 cm³/mol. The van der Waals surface area contributed by atoms with Gasteiger partial charge >= 0.3 is 0 Å². The molecule has 0 radical (unpaired) electrons. The van der Waals surface area contributed by atoms with Crippen molar-refractivity contribution in [1.29, 1.82) is 0 Å². The lowest BCUT2D eigenvalue weighted by Gasteiger charge is -2.25. The summed E-state index contributed by atoms with van der Waals surface area (Å²) in [5.74, 6) is 0.600. The molecule has 1 rings (SSSR count). The minimum atomic E-state index is -0.335. The number of nitrogens with one attached hydrogen (secondary N) is 1. The standard InChI is InChI=1S/C20H30N2O4/c1-7-9-15-10-11-16(17(12-15)25-6)26-14-19(24)22(8-2)13-18(23)21-20(3,4)5/h7,9-12H,8,13-14H2,1-6H3,(H,21,23). The number of carbonyl (C=O) groups excluding carboxylic acids is 2. The van der Waals surface area contributed by atoms with E-state index in [9.17, 15) is 9.59 Å². The van der Waals surface area contributed by atoms with Gasteiger partial charge in [-0.3, -0.25) is 9.59 Å². The lowest BCUT2D eigenvalue weighted by Crippen LogP contribution is -2.48. The first-order valence-electron chi connectivity index (χ1n) is 8.72. The van der Waals surface area contributed by atoms with Crippen molar-refractivity contribution in [1.82, 2.24) is 10.2 Å². The largest absolute Gasteiger partial charge is 0.493 e. The molecule has 0 fully saturated rings. The van der Waals surface area contributed by atoms with Gasteiger partial charge in [-0.1, -0.05) is 18.2 Å². The highest BCUT2D eigenvalue weighted by Gasteiger charge is 2.20. The molecule has 6 heteroatoms. The fraction of sp³-hybridized carbons (Fsp3) is 0.500. The minimum Gasteiger partial charge on any atom is -0.493 e. The van der Waals surface area contributed by atoms with E-state index >= 15 is 0 Å². The van der Waals surface area contributed by atoms with Gasteiger partial charge in [0.25, 0.3) is 5.91 Å². The summed E-state index contributed by atoms with van der Waals surface area (Å²) in [5, 5.41) is 2.85. The zero-order valence-corrected chi connectivity index (χ0v) is 16.6. The summed E-state index contributed by atoms with van der Waals surface area (Å²) in [6, 6.07) is 5.49. The molecule has 0 aromatic heterocycles. The second-order valence-corrected chi connectivity index (χ2v) is 6.91. The van der Waals surface area contributed by atoms with Gasteiger partial charge in [0.05, 0.1) is 13.7 Å². The van der Waals surface area contributed by atoms with E-state index in [-0.39, 0.29) is 30.5 Å². The van der Waals surface area contributed by atoms with Crippen LogP contribution >= 0.6 is 0 Å². The summed E-state index contributed by atoms with van der Waals surface area (Å²) < 4.78 is 10.9. The van der Waals surface area contributed by atoms with Crippen LogP contribution < -0.4 is 14.8 Å². The molecule has 0 aliphatic carbocycles. The zero-order chi connectivity index (χ0) is 19.7. The number of likely N-dealkylation sites (N-methyl/N-ethyl adjacent to an activating group) is 1. The highest BCUT2D eigenvalue weighted by atomic mass is 16.5. The monoisotopic (exact) mass is 362 g/mol. The van der Waals surface area contributed by atoms with E-state index in [1.807, 2.05) is 58.9 Å². The molecular formula is C20H30N2O4. The first-order chi connectivity index (χ1) is 12.2. The molecule has 0 saturated heterocycles. The van der Waals surface area contributed by atoms with Gasteiger partial charge in [-0.15, -0.1) is 0 Å². The van der Waals surface area contributed by atoms with Crippen molar-refractivity contribution in [2.45, 2.75) is 40.2 Å². The van der Waals surface area contributed by atoms with E-state index in [0.717, 1.165) is 5.56 Å². The number of benzene rings is 1. The van der Waals surface area contributed by atoms with Crippen LogP contribution in [0.25, 0.3) is 6.08 Å². The number of rotatable bonds is 8. The second-order valence-electron chi connectivity index (χ2n) is 6.91. The second kappa shape index (κ2) is 9.85. The molecule has 0 bridgehead atoms. The van der Waals surface area contributed by atoms with Gasteiger partial charge in [0.1, 0.15) is 0 Å². The Morgan fingerprint density at radius 1 is 1.23 bits per heavy atom. The molecule has 0 aliphatic rings. The van der Waals surface area contributed by atoms with Gasteiger partial charge in [0, 0.05) is 12.1 Å². The SMILES string of the molecule is CC=Cc1ccc(OCC(=O)N(CC)CC(=O)NC(C)(C)C)c(OC)c1. The first-order valence-corrected chi connectivity index (χ1v) is 8.72. The van der Waals surface area contributed by atoms with Crippen LogP contribution in [0.1, 0.15) is 40.2 Å². The maximum atomic E-state index is 12.4. The molecule has 1 aromatic rings. The van der Waals surface area contributed by atoms with Crippen molar-refractivity contribution in [3.8, 4) is 11.5 Å². The summed E-state index contributed by atoms with van der Waals surface area (Å²) in [5.41, 5.74) is 0.648. The molecule has 1 aromatic carbocycles. The average Bonchev–Trinajstić information content (AvgIpc) is 2.56. The molecule has 2 amide bonds. The number of nitrogens with zero attached hydrogens (tertiary/aromatic N) is 1. The van der Waals surface area contributed by atoms with Crippen LogP contribution in [0.5, 0.6) is 11.5 Å². The van der Waals surface area contributed by atoms with Crippen LogP contribution in [0, 0.1) is 0 Å². The Balaban J connectivity index is 2.70. The quantitative estimate of drug-likeness (QED) is 0.772. The number of hydrogen-bond acceptors (Lipinski definition) is 4. The number of methoxy groups -OCH3 is 1. The molecule has 0 heterocycles. The molecule has 26 heavy (non-hydrogen) atoms. The minimum absolute atomic E-state index is 0.00727. The first kappa shape index (κ1) is 21.5. The zero-order valence-electron chi connectivity index (χ0n) is 16.6. The summed E-state index contributed by atoms with van der Waals surface area (Å²) >= 11 is 0. The normalized spacial score (nSPS) is 11.3. The molecule has 144 valence electrons. The van der Waals surface area contributed by atoms with E-state index in [1.54, 1.807) is 13.2 Å². The molecule has 0 spiro atoms. The number of hydrogen-bond donors (Lipinski definition) is 1. The van der Waals surface area contributed by atoms with Crippen molar-refractivity contribution in [3.05, 3.63) is 29.8 Å². The number of carbonyl (C=O) groups is 2. The molecule has 6 nitrogen and oxygen atoms in total. The lowest BCUT2D eigenvalue weighted by atomic mass is 10.1. The van der Waals surface area contributed by atoms with Gasteiger partial charge in [-0.25, -0.2) is 0 Å². The van der Waals surface area contributed by atoms with Crippen LogP contribution in [0.3, 0.4) is 0 Å². The van der Waals surface area contributed by atoms with E-state index < -0.39 is 0 Å². The summed E-state index contributed by atoms with van der Waals surface area (Å²) in [7, 11) is 1.55. The molecule has 1 N–H and O–H groups in total. The topological polar surface area (TPSA) is 67.9 Å². The Kier molecular flexibility index (Phi) is 8.16. The molecule has 0 unspecified atom stereocenters. The third-order valence-electron chi connectivity index (χ3n) is 3.48.